The molecule has 3 nitrogen and oxygen atoms in total. The van der Waals surface area contributed by atoms with Gasteiger partial charge in [-0.2, -0.15) is 0 Å². The number of piperidine rings is 1. The van der Waals surface area contributed by atoms with E-state index in [1.807, 2.05) is 0 Å². The fourth-order valence-corrected chi connectivity index (χ4v) is 2.11. The van der Waals surface area contributed by atoms with Gasteiger partial charge in [0.15, 0.2) is 0 Å². The van der Waals surface area contributed by atoms with Gasteiger partial charge in [-0.1, -0.05) is 13.8 Å². The van der Waals surface area contributed by atoms with Gasteiger partial charge in [-0.25, -0.2) is 0 Å². The van der Waals surface area contributed by atoms with E-state index >= 15 is 0 Å². The van der Waals surface area contributed by atoms with Crippen LogP contribution in [0.5, 0.6) is 0 Å². The van der Waals surface area contributed by atoms with Crippen LogP contribution in [0, 0.1) is 5.92 Å². The molecule has 2 atom stereocenters. The van der Waals surface area contributed by atoms with Crippen LogP contribution < -0.4 is 5.32 Å². The molecule has 1 fully saturated rings. The first-order valence-electron chi connectivity index (χ1n) is 5.11. The molecule has 0 aliphatic carbocycles. The van der Waals surface area contributed by atoms with E-state index in [1.54, 1.807) is 6.92 Å². The molecule has 13 heavy (non-hydrogen) atoms. The average Bonchev–Trinajstić information content (AvgIpc) is 2.01. The number of carbonyl (C=O) groups is 1. The summed E-state index contributed by atoms with van der Waals surface area (Å²) in [6.07, 6.45) is 1.12. The predicted octanol–water partition coefficient (Wildman–Crippen LogP) is 0.853. The standard InChI is InChI=1S/C10H20N2O/c1-4-12-6-8(2)5-10(7-12)11-9(3)13/h8,10H,4-7H2,1-3H3,(H,11,13). The molecule has 1 heterocycles. The molecule has 1 N–H and O–H groups in total. The Labute approximate surface area is 80.5 Å². The zero-order chi connectivity index (χ0) is 9.84. The molecular weight excluding hydrogens is 164 g/mol. The summed E-state index contributed by atoms with van der Waals surface area (Å²) in [5, 5.41) is 3.00. The highest BCUT2D eigenvalue weighted by Gasteiger charge is 2.23. The van der Waals surface area contributed by atoms with Crippen LogP contribution in [-0.4, -0.2) is 36.5 Å². The van der Waals surface area contributed by atoms with Gasteiger partial charge in [0.05, 0.1) is 0 Å². The number of likely N-dealkylation sites (N-methyl/N-ethyl adjacent to an activating group) is 1. The van der Waals surface area contributed by atoms with Crippen LogP contribution in [0.1, 0.15) is 27.2 Å². The number of nitrogens with one attached hydrogen (secondary N) is 1. The maximum Gasteiger partial charge on any atom is 0.217 e. The van der Waals surface area contributed by atoms with E-state index in [1.165, 1.54) is 6.54 Å². The molecule has 0 aromatic rings. The lowest BCUT2D eigenvalue weighted by atomic mass is 9.96. The molecule has 1 aliphatic heterocycles. The summed E-state index contributed by atoms with van der Waals surface area (Å²) < 4.78 is 0. The van der Waals surface area contributed by atoms with Gasteiger partial charge in [0.25, 0.3) is 0 Å². The van der Waals surface area contributed by atoms with Gasteiger partial charge < -0.3 is 10.2 Å². The van der Waals surface area contributed by atoms with Crippen LogP contribution in [-0.2, 0) is 4.79 Å². The zero-order valence-corrected chi connectivity index (χ0v) is 8.84. The number of nitrogens with zero attached hydrogens (tertiary/aromatic N) is 1. The maximum absolute atomic E-state index is 10.9. The fraction of sp³-hybridized carbons (Fsp3) is 0.900. The first kappa shape index (κ1) is 10.5. The molecule has 3 heteroatoms. The first-order chi connectivity index (χ1) is 6.11. The second kappa shape index (κ2) is 4.61. The van der Waals surface area contributed by atoms with E-state index in [9.17, 15) is 4.79 Å². The smallest absolute Gasteiger partial charge is 0.217 e. The average molecular weight is 184 g/mol. The fourth-order valence-electron chi connectivity index (χ4n) is 2.11. The number of rotatable bonds is 2. The number of hydrogen-bond donors (Lipinski definition) is 1. The normalized spacial score (nSPS) is 30.1. The molecule has 0 radical (unpaired) electrons. The Hall–Kier alpha value is -0.570. The van der Waals surface area contributed by atoms with E-state index in [0.717, 1.165) is 19.5 Å². The molecule has 1 saturated heterocycles. The highest BCUT2D eigenvalue weighted by molar-refractivity contribution is 5.73. The van der Waals surface area contributed by atoms with Gasteiger partial charge in [-0.15, -0.1) is 0 Å². The van der Waals surface area contributed by atoms with Crippen LogP contribution in [0.15, 0.2) is 0 Å². The molecule has 0 spiro atoms. The van der Waals surface area contributed by atoms with Crippen molar-refractivity contribution >= 4 is 5.91 Å². The lowest BCUT2D eigenvalue weighted by Gasteiger charge is -2.35. The minimum atomic E-state index is 0.0927. The van der Waals surface area contributed by atoms with Gasteiger partial charge >= 0.3 is 0 Å². The Morgan fingerprint density at radius 3 is 2.77 bits per heavy atom. The topological polar surface area (TPSA) is 32.3 Å². The van der Waals surface area contributed by atoms with Crippen LogP contribution in [0.25, 0.3) is 0 Å². The Balaban J connectivity index is 2.42. The maximum atomic E-state index is 10.9. The molecule has 1 amide bonds. The third-order valence-corrected chi connectivity index (χ3v) is 2.59. The number of amides is 1. The van der Waals surface area contributed by atoms with Crippen molar-refractivity contribution in [2.45, 2.75) is 33.2 Å². The molecule has 0 saturated carbocycles. The van der Waals surface area contributed by atoms with Crippen molar-refractivity contribution in [3.05, 3.63) is 0 Å². The van der Waals surface area contributed by atoms with Crippen LogP contribution in [0.4, 0.5) is 0 Å². The molecule has 1 aliphatic rings. The van der Waals surface area contributed by atoms with E-state index < -0.39 is 0 Å². The summed E-state index contributed by atoms with van der Waals surface area (Å²) in [5.74, 6) is 0.792. The number of carbonyl (C=O) groups excluding carboxylic acids is 1. The second-order valence-electron chi connectivity index (χ2n) is 4.09. The van der Waals surface area contributed by atoms with Crippen molar-refractivity contribution < 1.29 is 4.79 Å². The zero-order valence-electron chi connectivity index (χ0n) is 8.84. The second-order valence-corrected chi connectivity index (χ2v) is 4.09. The van der Waals surface area contributed by atoms with Crippen LogP contribution >= 0.6 is 0 Å². The van der Waals surface area contributed by atoms with Crippen LogP contribution in [0.2, 0.25) is 0 Å². The summed E-state index contributed by atoms with van der Waals surface area (Å²) in [5.41, 5.74) is 0. The van der Waals surface area contributed by atoms with E-state index in [0.29, 0.717) is 12.0 Å². The lowest BCUT2D eigenvalue weighted by Crippen LogP contribution is -2.49. The first-order valence-corrected chi connectivity index (χ1v) is 5.11. The Kier molecular flexibility index (Phi) is 3.72. The van der Waals surface area contributed by atoms with Gasteiger partial charge in [0.1, 0.15) is 0 Å². The van der Waals surface area contributed by atoms with Crippen molar-refractivity contribution in [2.24, 2.45) is 5.92 Å². The third-order valence-electron chi connectivity index (χ3n) is 2.59. The monoisotopic (exact) mass is 184 g/mol. The SMILES string of the molecule is CCN1CC(C)CC(NC(C)=O)C1. The van der Waals surface area contributed by atoms with Crippen molar-refractivity contribution in [2.75, 3.05) is 19.6 Å². The minimum Gasteiger partial charge on any atom is -0.352 e. The van der Waals surface area contributed by atoms with Crippen molar-refractivity contribution in [3.63, 3.8) is 0 Å². The molecule has 0 aromatic heterocycles. The minimum absolute atomic E-state index is 0.0927. The van der Waals surface area contributed by atoms with E-state index in [2.05, 4.69) is 24.1 Å². The summed E-state index contributed by atoms with van der Waals surface area (Å²) in [4.78, 5) is 13.3. The quantitative estimate of drug-likeness (QED) is 0.690. The Morgan fingerprint density at radius 2 is 2.23 bits per heavy atom. The molecule has 2 unspecified atom stereocenters. The Morgan fingerprint density at radius 1 is 1.54 bits per heavy atom. The van der Waals surface area contributed by atoms with E-state index in [-0.39, 0.29) is 5.91 Å². The molecular formula is C10H20N2O. The predicted molar refractivity (Wildman–Crippen MR) is 53.5 cm³/mol. The van der Waals surface area contributed by atoms with Gasteiger partial charge in [0.2, 0.25) is 5.91 Å². The van der Waals surface area contributed by atoms with Gasteiger partial charge in [0, 0.05) is 26.1 Å². The summed E-state index contributed by atoms with van der Waals surface area (Å²) >= 11 is 0. The van der Waals surface area contributed by atoms with Crippen LogP contribution in [0.3, 0.4) is 0 Å². The highest BCUT2D eigenvalue weighted by Crippen LogP contribution is 2.15. The van der Waals surface area contributed by atoms with Crippen molar-refractivity contribution in [3.8, 4) is 0 Å². The third kappa shape index (κ3) is 3.35. The van der Waals surface area contributed by atoms with Gasteiger partial charge in [-0.3, -0.25) is 4.79 Å². The number of hydrogen-bond acceptors (Lipinski definition) is 2. The molecule has 76 valence electrons. The summed E-state index contributed by atoms with van der Waals surface area (Å²) in [6.45, 7) is 9.28. The molecule has 1 rings (SSSR count). The highest BCUT2D eigenvalue weighted by atomic mass is 16.1. The van der Waals surface area contributed by atoms with Crippen molar-refractivity contribution in [1.82, 2.24) is 10.2 Å². The van der Waals surface area contributed by atoms with E-state index in [4.69, 9.17) is 0 Å². The molecule has 0 bridgehead atoms. The van der Waals surface area contributed by atoms with Gasteiger partial charge in [-0.05, 0) is 18.9 Å². The van der Waals surface area contributed by atoms with Crippen molar-refractivity contribution in [1.29, 1.82) is 0 Å². The molecule has 0 aromatic carbocycles. The Bertz CT molecular complexity index is 182. The summed E-state index contributed by atoms with van der Waals surface area (Å²) in [7, 11) is 0. The number of likely N-dealkylation sites (tertiary alicyclic amines) is 1. The lowest BCUT2D eigenvalue weighted by molar-refractivity contribution is -0.120. The summed E-state index contributed by atoms with van der Waals surface area (Å²) in [6, 6.07) is 0.362. The largest absolute Gasteiger partial charge is 0.352 e.